The van der Waals surface area contributed by atoms with Gasteiger partial charge < -0.3 is 9.47 Å². The van der Waals surface area contributed by atoms with Crippen molar-refractivity contribution < 1.29 is 9.47 Å². The highest BCUT2D eigenvalue weighted by Crippen LogP contribution is 2.30. The smallest absolute Gasteiger partial charge is 0.162 e. The van der Waals surface area contributed by atoms with E-state index in [2.05, 4.69) is 6.07 Å². The molecule has 108 valence electrons. The molecule has 0 amide bonds. The fraction of sp³-hybridized carbons (Fsp3) is 0.188. The zero-order valence-electron chi connectivity index (χ0n) is 11.4. The minimum Gasteiger partial charge on any atom is -0.490 e. The lowest BCUT2D eigenvalue weighted by Gasteiger charge is -2.12. The quantitative estimate of drug-likeness (QED) is 0.791. The van der Waals surface area contributed by atoms with E-state index in [0.717, 1.165) is 5.56 Å². The normalized spacial score (nSPS) is 10.0. The van der Waals surface area contributed by atoms with Gasteiger partial charge in [0.1, 0.15) is 6.61 Å². The third-order valence-electron chi connectivity index (χ3n) is 2.75. The molecule has 0 aromatic heterocycles. The van der Waals surface area contributed by atoms with Crippen LogP contribution >= 0.6 is 23.2 Å². The summed E-state index contributed by atoms with van der Waals surface area (Å²) in [6, 6.07) is 12.5. The summed E-state index contributed by atoms with van der Waals surface area (Å²) in [6.45, 7) is 2.71. The van der Waals surface area contributed by atoms with Gasteiger partial charge in [-0.3, -0.25) is 0 Å². The molecular weight excluding hydrogens is 309 g/mol. The summed E-state index contributed by atoms with van der Waals surface area (Å²) in [5, 5.41) is 9.91. The molecule has 0 saturated heterocycles. The predicted octanol–water partition coefficient (Wildman–Crippen LogP) is 4.84. The van der Waals surface area contributed by atoms with E-state index in [0.29, 0.717) is 40.3 Å². The van der Waals surface area contributed by atoms with Crippen LogP contribution in [-0.4, -0.2) is 6.61 Å². The Labute approximate surface area is 133 Å². The third kappa shape index (κ3) is 4.04. The van der Waals surface area contributed by atoms with Crippen molar-refractivity contribution in [1.82, 2.24) is 0 Å². The molecule has 2 aromatic carbocycles. The van der Waals surface area contributed by atoms with Crippen LogP contribution in [0.25, 0.3) is 0 Å². The van der Waals surface area contributed by atoms with Crippen LogP contribution < -0.4 is 9.47 Å². The van der Waals surface area contributed by atoms with Crippen LogP contribution in [0.4, 0.5) is 0 Å². The third-order valence-corrected chi connectivity index (χ3v) is 3.49. The molecule has 21 heavy (non-hydrogen) atoms. The van der Waals surface area contributed by atoms with Crippen LogP contribution in [0, 0.1) is 11.3 Å². The number of nitriles is 1. The maximum atomic E-state index is 8.91. The monoisotopic (exact) mass is 321 g/mol. The zero-order valence-corrected chi connectivity index (χ0v) is 12.9. The fourth-order valence-electron chi connectivity index (χ4n) is 1.76. The molecule has 0 spiro atoms. The largest absolute Gasteiger partial charge is 0.490 e. The lowest BCUT2D eigenvalue weighted by atomic mass is 10.2. The van der Waals surface area contributed by atoms with Crippen LogP contribution in [0.15, 0.2) is 36.4 Å². The van der Waals surface area contributed by atoms with E-state index in [-0.39, 0.29) is 0 Å². The van der Waals surface area contributed by atoms with E-state index < -0.39 is 0 Å². The Morgan fingerprint density at radius 2 is 1.81 bits per heavy atom. The number of nitrogens with zero attached hydrogens (tertiary/aromatic N) is 1. The number of benzene rings is 2. The van der Waals surface area contributed by atoms with Gasteiger partial charge in [-0.15, -0.1) is 0 Å². The average molecular weight is 322 g/mol. The topological polar surface area (TPSA) is 42.2 Å². The van der Waals surface area contributed by atoms with Crippen molar-refractivity contribution in [2.24, 2.45) is 0 Å². The second-order valence-electron chi connectivity index (χ2n) is 4.24. The first-order chi connectivity index (χ1) is 10.1. The molecule has 0 radical (unpaired) electrons. The van der Waals surface area contributed by atoms with Gasteiger partial charge in [-0.05, 0) is 36.8 Å². The summed E-state index contributed by atoms with van der Waals surface area (Å²) < 4.78 is 11.2. The predicted molar refractivity (Wildman–Crippen MR) is 83.1 cm³/mol. The summed E-state index contributed by atoms with van der Waals surface area (Å²) in [5.74, 6) is 1.14. The highest BCUT2D eigenvalue weighted by molar-refractivity contribution is 6.42. The van der Waals surface area contributed by atoms with Gasteiger partial charge >= 0.3 is 0 Å². The molecule has 0 aliphatic carbocycles. The van der Waals surface area contributed by atoms with Gasteiger partial charge in [-0.2, -0.15) is 5.26 Å². The van der Waals surface area contributed by atoms with E-state index in [9.17, 15) is 0 Å². The molecular formula is C16H13Cl2NO2. The van der Waals surface area contributed by atoms with Crippen LogP contribution in [0.2, 0.25) is 10.0 Å². The summed E-state index contributed by atoms with van der Waals surface area (Å²) in [6.07, 6.45) is 0. The van der Waals surface area contributed by atoms with Gasteiger partial charge in [-0.1, -0.05) is 29.3 Å². The minimum atomic E-state index is 0.336. The van der Waals surface area contributed by atoms with Gasteiger partial charge in [0, 0.05) is 6.07 Å². The Bertz CT molecular complexity index is 680. The van der Waals surface area contributed by atoms with Crippen LogP contribution in [0.5, 0.6) is 11.5 Å². The Kier molecular flexibility index (Phi) is 5.32. The van der Waals surface area contributed by atoms with E-state index in [4.69, 9.17) is 37.9 Å². The van der Waals surface area contributed by atoms with Gasteiger partial charge in [0.2, 0.25) is 0 Å². The molecule has 3 nitrogen and oxygen atoms in total. The molecule has 0 saturated carbocycles. The highest BCUT2D eigenvalue weighted by Gasteiger charge is 2.07. The van der Waals surface area contributed by atoms with Crippen molar-refractivity contribution in [3.8, 4) is 17.6 Å². The average Bonchev–Trinajstić information content (AvgIpc) is 2.49. The van der Waals surface area contributed by atoms with Crippen molar-refractivity contribution in [2.45, 2.75) is 13.5 Å². The molecule has 0 unspecified atom stereocenters. The maximum Gasteiger partial charge on any atom is 0.162 e. The van der Waals surface area contributed by atoms with Crippen molar-refractivity contribution >= 4 is 23.2 Å². The molecule has 5 heteroatoms. The van der Waals surface area contributed by atoms with Crippen LogP contribution in [0.1, 0.15) is 18.1 Å². The molecule has 0 bridgehead atoms. The second-order valence-corrected chi connectivity index (χ2v) is 5.06. The molecule has 2 rings (SSSR count). The number of ether oxygens (including phenoxy) is 2. The summed E-state index contributed by atoms with van der Waals surface area (Å²) in [7, 11) is 0. The Balaban J connectivity index is 2.15. The molecule has 0 heterocycles. The first kappa shape index (κ1) is 15.5. The maximum absolute atomic E-state index is 8.91. The molecule has 0 aliphatic heterocycles. The summed E-state index contributed by atoms with van der Waals surface area (Å²) in [5.41, 5.74) is 1.43. The van der Waals surface area contributed by atoms with E-state index in [1.807, 2.05) is 13.0 Å². The number of hydrogen-bond donors (Lipinski definition) is 0. The summed E-state index contributed by atoms with van der Waals surface area (Å²) >= 11 is 11.8. The molecule has 0 aliphatic rings. The Hall–Kier alpha value is -1.89. The molecule has 0 N–H and O–H groups in total. The Morgan fingerprint density at radius 1 is 1.00 bits per heavy atom. The standard InChI is InChI=1S/C16H13Cl2NO2/c1-2-20-16-8-11(9-19)4-6-15(16)21-10-12-3-5-13(17)14(18)7-12/h3-8H,2,10H2,1H3. The van der Waals surface area contributed by atoms with Crippen LogP contribution in [0.3, 0.4) is 0 Å². The number of halogens is 2. The van der Waals surface area contributed by atoms with Gasteiger partial charge in [0.25, 0.3) is 0 Å². The minimum absolute atomic E-state index is 0.336. The molecule has 0 atom stereocenters. The first-order valence-electron chi connectivity index (χ1n) is 6.37. The zero-order chi connectivity index (χ0) is 15.2. The van der Waals surface area contributed by atoms with Crippen molar-refractivity contribution in [3.05, 3.63) is 57.6 Å². The van der Waals surface area contributed by atoms with E-state index in [1.54, 1.807) is 30.3 Å². The van der Waals surface area contributed by atoms with Gasteiger partial charge in [0.05, 0.1) is 28.3 Å². The Morgan fingerprint density at radius 3 is 2.48 bits per heavy atom. The molecule has 2 aromatic rings. The highest BCUT2D eigenvalue weighted by atomic mass is 35.5. The first-order valence-corrected chi connectivity index (χ1v) is 7.13. The lowest BCUT2D eigenvalue weighted by Crippen LogP contribution is -2.00. The van der Waals surface area contributed by atoms with Crippen molar-refractivity contribution in [1.29, 1.82) is 5.26 Å². The SMILES string of the molecule is CCOc1cc(C#N)ccc1OCc1ccc(Cl)c(Cl)c1. The van der Waals surface area contributed by atoms with E-state index >= 15 is 0 Å². The van der Waals surface area contributed by atoms with Crippen molar-refractivity contribution in [2.75, 3.05) is 6.61 Å². The van der Waals surface area contributed by atoms with Gasteiger partial charge in [-0.25, -0.2) is 0 Å². The van der Waals surface area contributed by atoms with E-state index in [1.165, 1.54) is 0 Å². The van der Waals surface area contributed by atoms with Gasteiger partial charge in [0.15, 0.2) is 11.5 Å². The number of hydrogen-bond acceptors (Lipinski definition) is 3. The lowest BCUT2D eigenvalue weighted by molar-refractivity contribution is 0.269. The fourth-order valence-corrected chi connectivity index (χ4v) is 2.08. The molecule has 0 fully saturated rings. The van der Waals surface area contributed by atoms with Crippen LogP contribution in [-0.2, 0) is 6.61 Å². The summed E-state index contributed by atoms with van der Waals surface area (Å²) in [4.78, 5) is 0. The number of rotatable bonds is 5. The van der Waals surface area contributed by atoms with Crippen molar-refractivity contribution in [3.63, 3.8) is 0 Å². The second kappa shape index (κ2) is 7.21.